The molecule has 0 saturated carbocycles. The SMILES string of the molecule is CC1(C)OB(c2cc(C(F)(F)F)cc3c2NB(c2ccc(C(F)(F)F)cc2)C=C3)OC1(C)C. The lowest BCUT2D eigenvalue weighted by molar-refractivity contribution is -0.138. The van der Waals surface area contributed by atoms with Gasteiger partial charge in [0, 0.05) is 11.2 Å². The molecule has 3 nitrogen and oxygen atoms in total. The Morgan fingerprint density at radius 2 is 1.33 bits per heavy atom. The summed E-state index contributed by atoms with van der Waals surface area (Å²) in [6, 6.07) is 6.65. The smallest absolute Gasteiger partial charge is 0.420 e. The molecular formula is C22H21B2F6NO2. The summed E-state index contributed by atoms with van der Waals surface area (Å²) in [6.45, 7) is 6.64. The summed E-state index contributed by atoms with van der Waals surface area (Å²) in [5, 5.41) is 3.15. The molecule has 0 aliphatic carbocycles. The van der Waals surface area contributed by atoms with Gasteiger partial charge in [0.05, 0.1) is 22.3 Å². The van der Waals surface area contributed by atoms with Gasteiger partial charge in [-0.15, -0.1) is 0 Å². The van der Waals surface area contributed by atoms with Crippen molar-refractivity contribution in [1.29, 1.82) is 0 Å². The van der Waals surface area contributed by atoms with E-state index in [1.165, 1.54) is 18.2 Å². The first kappa shape index (κ1) is 23.8. The normalized spacial score (nSPS) is 19.5. The van der Waals surface area contributed by atoms with Crippen LogP contribution in [0.15, 0.2) is 42.4 Å². The molecule has 0 aromatic heterocycles. The topological polar surface area (TPSA) is 30.5 Å². The molecule has 0 unspecified atom stereocenters. The van der Waals surface area contributed by atoms with E-state index in [4.69, 9.17) is 9.31 Å². The number of alkyl halides is 6. The summed E-state index contributed by atoms with van der Waals surface area (Å²) in [6.07, 6.45) is -7.51. The quantitative estimate of drug-likeness (QED) is 0.504. The van der Waals surface area contributed by atoms with Crippen LogP contribution in [0.1, 0.15) is 44.4 Å². The molecule has 0 bridgehead atoms. The van der Waals surface area contributed by atoms with E-state index in [0.717, 1.165) is 24.3 Å². The highest BCUT2D eigenvalue weighted by Crippen LogP contribution is 2.39. The molecule has 1 fully saturated rings. The minimum Gasteiger partial charge on any atom is -0.420 e. The van der Waals surface area contributed by atoms with Gasteiger partial charge in [0.25, 0.3) is 0 Å². The second-order valence-corrected chi connectivity index (χ2v) is 9.22. The monoisotopic (exact) mass is 467 g/mol. The van der Waals surface area contributed by atoms with Crippen LogP contribution in [0.3, 0.4) is 0 Å². The molecule has 1 saturated heterocycles. The highest BCUT2D eigenvalue weighted by atomic mass is 19.4. The number of benzene rings is 2. The van der Waals surface area contributed by atoms with Crippen molar-refractivity contribution in [2.24, 2.45) is 0 Å². The molecule has 4 rings (SSSR count). The maximum Gasteiger partial charge on any atom is 0.496 e. The van der Waals surface area contributed by atoms with Crippen LogP contribution in [-0.4, -0.2) is 25.2 Å². The lowest BCUT2D eigenvalue weighted by Crippen LogP contribution is -2.44. The van der Waals surface area contributed by atoms with E-state index in [2.05, 4.69) is 5.23 Å². The minimum atomic E-state index is -4.58. The number of rotatable bonds is 2. The lowest BCUT2D eigenvalue weighted by Gasteiger charge is -2.32. The zero-order chi connectivity index (χ0) is 24.4. The Bertz CT molecular complexity index is 1080. The van der Waals surface area contributed by atoms with Crippen molar-refractivity contribution in [1.82, 2.24) is 0 Å². The van der Waals surface area contributed by atoms with Gasteiger partial charge in [0.15, 0.2) is 0 Å². The fraction of sp³-hybridized carbons (Fsp3) is 0.364. The van der Waals surface area contributed by atoms with E-state index in [0.29, 0.717) is 11.2 Å². The number of fused-ring (bicyclic) bond motifs is 1. The Morgan fingerprint density at radius 3 is 1.85 bits per heavy atom. The van der Waals surface area contributed by atoms with Crippen LogP contribution in [-0.2, 0) is 21.7 Å². The maximum absolute atomic E-state index is 13.6. The van der Waals surface area contributed by atoms with E-state index in [1.54, 1.807) is 33.7 Å². The maximum atomic E-state index is 13.6. The third-order valence-electron chi connectivity index (χ3n) is 6.40. The standard InChI is InChI=1S/C22H21B2F6NO2/c1-19(2)20(3,4)33-24(32-19)17-12-15(22(28,29)30)11-13-9-10-23(31-18(13)17)16-7-5-14(6-8-16)21(25,26)27/h5-12,31H,1-4H3. The van der Waals surface area contributed by atoms with Crippen LogP contribution in [0, 0.1) is 0 Å². The summed E-state index contributed by atoms with van der Waals surface area (Å²) < 4.78 is 91.4. The summed E-state index contributed by atoms with van der Waals surface area (Å²) in [7, 11) is -1.06. The Morgan fingerprint density at radius 1 is 0.788 bits per heavy atom. The zero-order valence-corrected chi connectivity index (χ0v) is 18.4. The second-order valence-electron chi connectivity index (χ2n) is 9.22. The van der Waals surface area contributed by atoms with Gasteiger partial charge in [-0.1, -0.05) is 41.8 Å². The summed E-state index contributed by atoms with van der Waals surface area (Å²) >= 11 is 0. The molecule has 2 aromatic rings. The van der Waals surface area contributed by atoms with Gasteiger partial charge in [-0.05, 0) is 45.4 Å². The minimum absolute atomic E-state index is 0.180. The molecular weight excluding hydrogens is 446 g/mol. The van der Waals surface area contributed by atoms with E-state index < -0.39 is 48.6 Å². The van der Waals surface area contributed by atoms with Gasteiger partial charge < -0.3 is 14.5 Å². The number of nitrogens with one attached hydrogen (secondary N) is 1. The number of hydrogen-bond acceptors (Lipinski definition) is 3. The first-order valence-electron chi connectivity index (χ1n) is 10.3. The highest BCUT2D eigenvalue weighted by Gasteiger charge is 2.53. The van der Waals surface area contributed by atoms with Crippen LogP contribution >= 0.6 is 0 Å². The van der Waals surface area contributed by atoms with Gasteiger partial charge in [-0.25, -0.2) is 0 Å². The second kappa shape index (κ2) is 7.56. The highest BCUT2D eigenvalue weighted by molar-refractivity contribution is 6.82. The Balaban J connectivity index is 1.74. The molecule has 33 heavy (non-hydrogen) atoms. The predicted molar refractivity (Wildman–Crippen MR) is 117 cm³/mol. The number of hydrogen-bond donors (Lipinski definition) is 1. The number of halogens is 6. The first-order chi connectivity index (χ1) is 15.1. The molecule has 0 atom stereocenters. The van der Waals surface area contributed by atoms with Crippen molar-refractivity contribution >= 4 is 36.7 Å². The average molecular weight is 467 g/mol. The molecule has 0 radical (unpaired) electrons. The van der Waals surface area contributed by atoms with Crippen molar-refractivity contribution in [3.63, 3.8) is 0 Å². The van der Waals surface area contributed by atoms with Crippen LogP contribution in [0.4, 0.5) is 32.0 Å². The average Bonchev–Trinajstić information content (AvgIpc) is 2.92. The molecule has 0 amide bonds. The third kappa shape index (κ3) is 4.40. The van der Waals surface area contributed by atoms with Gasteiger partial charge in [0.1, 0.15) is 0 Å². The van der Waals surface area contributed by atoms with E-state index in [1.807, 2.05) is 0 Å². The largest absolute Gasteiger partial charge is 0.496 e. The molecule has 174 valence electrons. The van der Waals surface area contributed by atoms with E-state index in [-0.39, 0.29) is 11.0 Å². The van der Waals surface area contributed by atoms with Crippen LogP contribution in [0.2, 0.25) is 0 Å². The summed E-state index contributed by atoms with van der Waals surface area (Å²) in [5.41, 5.74) is -1.77. The van der Waals surface area contributed by atoms with Crippen molar-refractivity contribution in [2.45, 2.75) is 51.2 Å². The fourth-order valence-corrected chi connectivity index (χ4v) is 3.78. The molecule has 1 N–H and O–H groups in total. The van der Waals surface area contributed by atoms with Crippen molar-refractivity contribution in [2.75, 3.05) is 5.23 Å². The Hall–Kier alpha value is -2.39. The van der Waals surface area contributed by atoms with Gasteiger partial charge in [-0.2, -0.15) is 26.3 Å². The van der Waals surface area contributed by atoms with Crippen molar-refractivity contribution < 1.29 is 35.7 Å². The summed E-state index contributed by atoms with van der Waals surface area (Å²) in [5.74, 6) is 1.61. The Labute approximate surface area is 188 Å². The molecule has 2 heterocycles. The number of anilines is 1. The third-order valence-corrected chi connectivity index (χ3v) is 6.40. The molecule has 2 aliphatic rings. The molecule has 0 spiro atoms. The van der Waals surface area contributed by atoms with Gasteiger partial charge in [-0.3, -0.25) is 0 Å². The molecule has 2 aromatic carbocycles. The van der Waals surface area contributed by atoms with Crippen molar-refractivity contribution in [3.05, 3.63) is 59.1 Å². The molecule has 2 aliphatic heterocycles. The summed E-state index contributed by atoms with van der Waals surface area (Å²) in [4.78, 5) is 0. The molecule has 11 heteroatoms. The van der Waals surface area contributed by atoms with E-state index in [9.17, 15) is 26.3 Å². The lowest BCUT2D eigenvalue weighted by atomic mass is 9.53. The Kier molecular flexibility index (Phi) is 5.44. The van der Waals surface area contributed by atoms with Gasteiger partial charge >= 0.3 is 26.3 Å². The van der Waals surface area contributed by atoms with E-state index >= 15 is 0 Å². The fourth-order valence-electron chi connectivity index (χ4n) is 3.78. The first-order valence-corrected chi connectivity index (χ1v) is 10.3. The van der Waals surface area contributed by atoms with Crippen molar-refractivity contribution in [3.8, 4) is 0 Å². The van der Waals surface area contributed by atoms with Crippen LogP contribution in [0.5, 0.6) is 0 Å². The van der Waals surface area contributed by atoms with Gasteiger partial charge in [0.2, 0.25) is 0 Å². The van der Waals surface area contributed by atoms with Crippen LogP contribution < -0.4 is 16.2 Å². The predicted octanol–water partition coefficient (Wildman–Crippen LogP) is 4.90. The zero-order valence-electron chi connectivity index (χ0n) is 18.4. The van der Waals surface area contributed by atoms with Crippen LogP contribution in [0.25, 0.3) is 6.08 Å².